The Bertz CT molecular complexity index is 508. The molecule has 114 valence electrons. The van der Waals surface area contributed by atoms with Crippen LogP contribution in [0.2, 0.25) is 0 Å². The molecule has 0 aliphatic rings. The van der Waals surface area contributed by atoms with Gasteiger partial charge in [0.15, 0.2) is 0 Å². The van der Waals surface area contributed by atoms with Crippen molar-refractivity contribution in [1.29, 1.82) is 0 Å². The summed E-state index contributed by atoms with van der Waals surface area (Å²) < 4.78 is 26.2. The van der Waals surface area contributed by atoms with Gasteiger partial charge in [0.05, 0.1) is 17.5 Å². The van der Waals surface area contributed by atoms with E-state index < -0.39 is 33.5 Å². The van der Waals surface area contributed by atoms with Crippen LogP contribution in [0, 0.1) is 0 Å². The first-order valence-electron chi connectivity index (χ1n) is 6.53. The van der Waals surface area contributed by atoms with Crippen molar-refractivity contribution in [1.82, 2.24) is 4.72 Å². The predicted molar refractivity (Wildman–Crippen MR) is 78.7 cm³/mol. The largest absolute Gasteiger partial charge is 0.394 e. The molecule has 0 unspecified atom stereocenters. The highest BCUT2D eigenvalue weighted by atomic mass is 32.2. The Kier molecular flexibility index (Phi) is 5.70. The van der Waals surface area contributed by atoms with Crippen molar-refractivity contribution in [2.45, 2.75) is 44.1 Å². The number of hydrogen-bond donors (Lipinski definition) is 3. The highest BCUT2D eigenvalue weighted by molar-refractivity contribution is 7.90. The molecule has 6 heteroatoms. The number of sulfonamides is 1. The summed E-state index contributed by atoms with van der Waals surface area (Å²) in [5, 5.41) is 18.6. The van der Waals surface area contributed by atoms with Crippen LogP contribution in [-0.4, -0.2) is 36.1 Å². The maximum atomic E-state index is 12.3. The van der Waals surface area contributed by atoms with E-state index >= 15 is 0 Å². The fourth-order valence-corrected chi connectivity index (χ4v) is 2.61. The molecule has 0 heterocycles. The molecule has 0 aliphatic heterocycles. The standard InChI is InChI=1S/C14H23NO4S/c1-14(2,3)20(18,19)15-13(9-12(17)10-16)11-7-5-4-6-8-11/h4-8,12-13,15-17H,9-10H2,1-3H3/t12-,13-/m1/s1. The quantitative estimate of drug-likeness (QED) is 0.736. The van der Waals surface area contributed by atoms with Crippen LogP contribution in [0.15, 0.2) is 30.3 Å². The van der Waals surface area contributed by atoms with E-state index in [0.29, 0.717) is 0 Å². The van der Waals surface area contributed by atoms with Crippen molar-refractivity contribution < 1.29 is 18.6 Å². The Balaban J connectivity index is 3.01. The number of rotatable bonds is 6. The van der Waals surface area contributed by atoms with E-state index in [4.69, 9.17) is 5.11 Å². The van der Waals surface area contributed by atoms with E-state index in [2.05, 4.69) is 4.72 Å². The van der Waals surface area contributed by atoms with Crippen molar-refractivity contribution in [2.75, 3.05) is 6.61 Å². The van der Waals surface area contributed by atoms with Gasteiger partial charge in [0.25, 0.3) is 0 Å². The molecule has 1 rings (SSSR count). The monoisotopic (exact) mass is 301 g/mol. The molecule has 0 radical (unpaired) electrons. The smallest absolute Gasteiger partial charge is 0.217 e. The summed E-state index contributed by atoms with van der Waals surface area (Å²) in [7, 11) is -3.54. The molecule has 0 saturated carbocycles. The lowest BCUT2D eigenvalue weighted by Crippen LogP contribution is -2.42. The van der Waals surface area contributed by atoms with Crippen molar-refractivity contribution in [3.05, 3.63) is 35.9 Å². The Hall–Kier alpha value is -0.950. The molecule has 0 spiro atoms. The van der Waals surface area contributed by atoms with E-state index in [0.717, 1.165) is 5.56 Å². The van der Waals surface area contributed by atoms with Gasteiger partial charge in [-0.05, 0) is 32.8 Å². The molecule has 0 aromatic heterocycles. The average molecular weight is 301 g/mol. The lowest BCUT2D eigenvalue weighted by molar-refractivity contribution is 0.0811. The highest BCUT2D eigenvalue weighted by Crippen LogP contribution is 2.23. The summed E-state index contributed by atoms with van der Waals surface area (Å²) in [6.45, 7) is 4.43. The van der Waals surface area contributed by atoms with Gasteiger partial charge in [0.2, 0.25) is 10.0 Å². The lowest BCUT2D eigenvalue weighted by atomic mass is 10.0. The molecule has 5 nitrogen and oxygen atoms in total. The molecular weight excluding hydrogens is 278 g/mol. The van der Waals surface area contributed by atoms with Gasteiger partial charge in [0, 0.05) is 6.04 Å². The molecule has 0 fully saturated rings. The van der Waals surface area contributed by atoms with Gasteiger partial charge in [-0.3, -0.25) is 0 Å². The van der Waals surface area contributed by atoms with E-state index in [1.807, 2.05) is 6.07 Å². The van der Waals surface area contributed by atoms with Gasteiger partial charge < -0.3 is 10.2 Å². The molecule has 3 N–H and O–H groups in total. The van der Waals surface area contributed by atoms with Crippen LogP contribution in [0.5, 0.6) is 0 Å². The van der Waals surface area contributed by atoms with Crippen molar-refractivity contribution >= 4 is 10.0 Å². The van der Waals surface area contributed by atoms with Crippen molar-refractivity contribution in [2.24, 2.45) is 0 Å². The fraction of sp³-hybridized carbons (Fsp3) is 0.571. The molecule has 1 aromatic carbocycles. The third-order valence-electron chi connectivity index (χ3n) is 3.02. The second-order valence-electron chi connectivity index (χ2n) is 5.77. The lowest BCUT2D eigenvalue weighted by Gasteiger charge is -2.26. The van der Waals surface area contributed by atoms with Crippen LogP contribution in [0.4, 0.5) is 0 Å². The molecule has 1 aromatic rings. The zero-order valence-electron chi connectivity index (χ0n) is 12.1. The van der Waals surface area contributed by atoms with E-state index in [1.54, 1.807) is 45.0 Å². The first-order valence-corrected chi connectivity index (χ1v) is 8.01. The molecule has 0 aliphatic carbocycles. The van der Waals surface area contributed by atoms with Crippen LogP contribution in [-0.2, 0) is 10.0 Å². The zero-order valence-corrected chi connectivity index (χ0v) is 12.9. The molecule has 0 amide bonds. The van der Waals surface area contributed by atoms with Crippen LogP contribution in [0.1, 0.15) is 38.8 Å². The normalized spacial score (nSPS) is 15.8. The Morgan fingerprint density at radius 1 is 1.20 bits per heavy atom. The topological polar surface area (TPSA) is 86.6 Å². The maximum absolute atomic E-state index is 12.3. The van der Waals surface area contributed by atoms with E-state index in [1.165, 1.54) is 0 Å². The summed E-state index contributed by atoms with van der Waals surface area (Å²) >= 11 is 0. The number of hydrogen-bond acceptors (Lipinski definition) is 4. The number of nitrogens with one attached hydrogen (secondary N) is 1. The minimum Gasteiger partial charge on any atom is -0.394 e. The average Bonchev–Trinajstić information content (AvgIpc) is 2.37. The SMILES string of the molecule is CC(C)(C)S(=O)(=O)N[C@H](C[C@@H](O)CO)c1ccccc1. The first-order chi connectivity index (χ1) is 9.17. The maximum Gasteiger partial charge on any atom is 0.217 e. The van der Waals surface area contributed by atoms with Crippen molar-refractivity contribution in [3.63, 3.8) is 0 Å². The molecule has 20 heavy (non-hydrogen) atoms. The number of aliphatic hydroxyl groups is 2. The third-order valence-corrected chi connectivity index (χ3v) is 5.23. The van der Waals surface area contributed by atoms with E-state index in [-0.39, 0.29) is 6.42 Å². The van der Waals surface area contributed by atoms with Crippen molar-refractivity contribution in [3.8, 4) is 0 Å². The molecule has 2 atom stereocenters. The van der Waals surface area contributed by atoms with Gasteiger partial charge in [-0.15, -0.1) is 0 Å². The summed E-state index contributed by atoms with van der Waals surface area (Å²) in [5.74, 6) is 0. The fourth-order valence-electron chi connectivity index (χ4n) is 1.65. The van der Waals surface area contributed by atoms with Crippen LogP contribution >= 0.6 is 0 Å². The molecule has 0 saturated heterocycles. The zero-order chi connectivity index (χ0) is 15.4. The minimum absolute atomic E-state index is 0.121. The molecular formula is C14H23NO4S. The van der Waals surface area contributed by atoms with Crippen LogP contribution in [0.25, 0.3) is 0 Å². The first kappa shape index (κ1) is 17.1. The summed E-state index contributed by atoms with van der Waals surface area (Å²) in [6.07, 6.45) is -0.849. The van der Waals surface area contributed by atoms with Crippen LogP contribution in [0.3, 0.4) is 0 Å². The van der Waals surface area contributed by atoms with Crippen LogP contribution < -0.4 is 4.72 Å². The third kappa shape index (κ3) is 4.56. The van der Waals surface area contributed by atoms with Gasteiger partial charge in [0.1, 0.15) is 0 Å². The second kappa shape index (κ2) is 6.67. The number of benzene rings is 1. The predicted octanol–water partition coefficient (Wildman–Crippen LogP) is 1.19. The van der Waals surface area contributed by atoms with E-state index in [9.17, 15) is 13.5 Å². The summed E-state index contributed by atoms with van der Waals surface area (Å²) in [6, 6.07) is 8.46. The summed E-state index contributed by atoms with van der Waals surface area (Å²) in [5.41, 5.74) is 0.757. The Labute approximate surface area is 120 Å². The summed E-state index contributed by atoms with van der Waals surface area (Å²) in [4.78, 5) is 0. The van der Waals surface area contributed by atoms with Gasteiger partial charge >= 0.3 is 0 Å². The molecule has 0 bridgehead atoms. The number of aliphatic hydroxyl groups excluding tert-OH is 2. The second-order valence-corrected chi connectivity index (χ2v) is 8.24. The van der Waals surface area contributed by atoms with Gasteiger partial charge in [-0.25, -0.2) is 13.1 Å². The Morgan fingerprint density at radius 2 is 1.75 bits per heavy atom. The van der Waals surface area contributed by atoms with Gasteiger partial charge in [-0.2, -0.15) is 0 Å². The highest BCUT2D eigenvalue weighted by Gasteiger charge is 2.32. The minimum atomic E-state index is -3.54. The van der Waals surface area contributed by atoms with Gasteiger partial charge in [-0.1, -0.05) is 30.3 Å². The Morgan fingerprint density at radius 3 is 2.20 bits per heavy atom.